The number of aromatic nitrogens is 2. The molecule has 0 aliphatic carbocycles. The number of rotatable bonds is 9. The van der Waals surface area contributed by atoms with Crippen LogP contribution in [-0.2, 0) is 11.2 Å². The number of amides is 2. The van der Waals surface area contributed by atoms with Crippen LogP contribution in [0.3, 0.4) is 0 Å². The van der Waals surface area contributed by atoms with Gasteiger partial charge in [-0.15, -0.1) is 0 Å². The summed E-state index contributed by atoms with van der Waals surface area (Å²) in [5.41, 5.74) is 4.87. The summed E-state index contributed by atoms with van der Waals surface area (Å²) < 4.78 is 5.46. The van der Waals surface area contributed by atoms with Crippen molar-refractivity contribution in [3.05, 3.63) is 77.9 Å². The Morgan fingerprint density at radius 3 is 2.47 bits per heavy atom. The summed E-state index contributed by atoms with van der Waals surface area (Å²) in [6, 6.07) is 13.6. The molecule has 7 heteroatoms. The lowest BCUT2D eigenvalue weighted by molar-refractivity contribution is 0.0954. The van der Waals surface area contributed by atoms with Gasteiger partial charge in [-0.2, -0.15) is 0 Å². The molecule has 0 radical (unpaired) electrons. The van der Waals surface area contributed by atoms with E-state index in [1.54, 1.807) is 29.6 Å². The van der Waals surface area contributed by atoms with Gasteiger partial charge in [0.15, 0.2) is 0 Å². The molecule has 0 unspecified atom stereocenters. The number of nitrogens with zero attached hydrogens (tertiary/aromatic N) is 3. The maximum Gasteiger partial charge on any atom is 0.414 e. The predicted octanol–water partition coefficient (Wildman–Crippen LogP) is 5.04. The van der Waals surface area contributed by atoms with Crippen molar-refractivity contribution in [2.24, 2.45) is 5.92 Å². The fourth-order valence-electron chi connectivity index (χ4n) is 3.41. The predicted molar refractivity (Wildman–Crippen MR) is 134 cm³/mol. The summed E-state index contributed by atoms with van der Waals surface area (Å²) in [6.07, 6.45) is 5.08. The third-order valence-electron chi connectivity index (χ3n) is 5.24. The van der Waals surface area contributed by atoms with E-state index in [0.717, 1.165) is 22.4 Å². The maximum absolute atomic E-state index is 13.0. The number of carbonyl (C=O) groups is 2. The highest BCUT2D eigenvalue weighted by Crippen LogP contribution is 2.28. The van der Waals surface area contributed by atoms with E-state index in [2.05, 4.69) is 15.3 Å². The SMILES string of the molecule is CCN(C(=O)OCC(C)C)c1cc(C(=O)NCCc2cnccn2)cc(-c2ccc(C)cc2)c1. The van der Waals surface area contributed by atoms with Gasteiger partial charge in [0.2, 0.25) is 0 Å². The normalized spacial score (nSPS) is 10.7. The van der Waals surface area contributed by atoms with Gasteiger partial charge in [-0.3, -0.25) is 19.7 Å². The number of nitrogens with one attached hydrogen (secondary N) is 1. The maximum atomic E-state index is 13.0. The van der Waals surface area contributed by atoms with Crippen molar-refractivity contribution in [2.45, 2.75) is 34.1 Å². The molecule has 0 atom stereocenters. The van der Waals surface area contributed by atoms with Gasteiger partial charge in [-0.25, -0.2) is 4.79 Å². The van der Waals surface area contributed by atoms with E-state index in [-0.39, 0.29) is 11.8 Å². The molecule has 0 bridgehead atoms. The van der Waals surface area contributed by atoms with Crippen molar-refractivity contribution in [3.8, 4) is 11.1 Å². The molecular formula is C27H32N4O3. The van der Waals surface area contributed by atoms with Crippen molar-refractivity contribution >= 4 is 17.7 Å². The zero-order valence-corrected chi connectivity index (χ0v) is 20.2. The number of hydrogen-bond acceptors (Lipinski definition) is 5. The number of hydrogen-bond donors (Lipinski definition) is 1. The fraction of sp³-hybridized carbons (Fsp3) is 0.333. The van der Waals surface area contributed by atoms with Crippen molar-refractivity contribution < 1.29 is 14.3 Å². The van der Waals surface area contributed by atoms with Crippen molar-refractivity contribution in [1.29, 1.82) is 0 Å². The highest BCUT2D eigenvalue weighted by molar-refractivity contribution is 5.98. The van der Waals surface area contributed by atoms with Gasteiger partial charge in [-0.05, 0) is 49.1 Å². The molecule has 3 aromatic rings. The lowest BCUT2D eigenvalue weighted by Crippen LogP contribution is -2.32. The summed E-state index contributed by atoms with van der Waals surface area (Å²) >= 11 is 0. The molecule has 1 N–H and O–H groups in total. The topological polar surface area (TPSA) is 84.4 Å². The van der Waals surface area contributed by atoms with E-state index in [1.165, 1.54) is 0 Å². The first-order chi connectivity index (χ1) is 16.4. The number of ether oxygens (including phenoxy) is 1. The Labute approximate surface area is 201 Å². The lowest BCUT2D eigenvalue weighted by atomic mass is 10.00. The van der Waals surface area contributed by atoms with Crippen molar-refractivity contribution in [2.75, 3.05) is 24.6 Å². The molecule has 0 aliphatic heterocycles. The van der Waals surface area contributed by atoms with Crippen LogP contribution in [0.1, 0.15) is 42.4 Å². The molecule has 0 fully saturated rings. The Bertz CT molecular complexity index is 1100. The molecule has 0 saturated carbocycles. The molecule has 1 heterocycles. The average molecular weight is 461 g/mol. The van der Waals surface area contributed by atoms with Gasteiger partial charge >= 0.3 is 6.09 Å². The zero-order valence-electron chi connectivity index (χ0n) is 20.2. The summed E-state index contributed by atoms with van der Waals surface area (Å²) in [5, 5.41) is 2.95. The third-order valence-corrected chi connectivity index (χ3v) is 5.24. The summed E-state index contributed by atoms with van der Waals surface area (Å²) in [6.45, 7) is 9.08. The Morgan fingerprint density at radius 1 is 1.06 bits per heavy atom. The van der Waals surface area contributed by atoms with Gasteiger partial charge in [-0.1, -0.05) is 43.7 Å². The minimum Gasteiger partial charge on any atom is -0.449 e. The van der Waals surface area contributed by atoms with Crippen LogP contribution in [0.4, 0.5) is 10.5 Å². The van der Waals surface area contributed by atoms with E-state index < -0.39 is 6.09 Å². The molecule has 7 nitrogen and oxygen atoms in total. The first kappa shape index (κ1) is 24.9. The Kier molecular flexibility index (Phi) is 8.73. The molecule has 0 saturated heterocycles. The van der Waals surface area contributed by atoms with Crippen LogP contribution in [0, 0.1) is 12.8 Å². The van der Waals surface area contributed by atoms with E-state index in [1.807, 2.05) is 64.1 Å². The third kappa shape index (κ3) is 6.88. The first-order valence-electron chi connectivity index (χ1n) is 11.6. The summed E-state index contributed by atoms with van der Waals surface area (Å²) in [7, 11) is 0. The molecule has 34 heavy (non-hydrogen) atoms. The van der Waals surface area contributed by atoms with Crippen molar-refractivity contribution in [3.63, 3.8) is 0 Å². The van der Waals surface area contributed by atoms with E-state index in [0.29, 0.717) is 37.4 Å². The van der Waals surface area contributed by atoms with Crippen LogP contribution in [0.25, 0.3) is 11.1 Å². The second kappa shape index (κ2) is 11.9. The van der Waals surface area contributed by atoms with Crippen LogP contribution in [0.2, 0.25) is 0 Å². The Morgan fingerprint density at radius 2 is 1.82 bits per heavy atom. The van der Waals surface area contributed by atoms with Gasteiger partial charge in [0.05, 0.1) is 12.3 Å². The molecule has 1 aromatic heterocycles. The van der Waals surface area contributed by atoms with Gasteiger partial charge < -0.3 is 10.1 Å². The van der Waals surface area contributed by atoms with E-state index in [9.17, 15) is 9.59 Å². The number of anilines is 1. The van der Waals surface area contributed by atoms with Gasteiger partial charge in [0.1, 0.15) is 0 Å². The Hall–Kier alpha value is -3.74. The average Bonchev–Trinajstić information content (AvgIpc) is 2.84. The van der Waals surface area contributed by atoms with Gasteiger partial charge in [0.25, 0.3) is 5.91 Å². The quantitative estimate of drug-likeness (QED) is 0.483. The molecule has 0 aliphatic rings. The highest BCUT2D eigenvalue weighted by Gasteiger charge is 2.19. The molecule has 2 aromatic carbocycles. The molecular weight excluding hydrogens is 428 g/mol. The van der Waals surface area contributed by atoms with Gasteiger partial charge in [0, 0.05) is 49.4 Å². The van der Waals surface area contributed by atoms with Crippen LogP contribution in [-0.4, -0.2) is 41.7 Å². The summed E-state index contributed by atoms with van der Waals surface area (Å²) in [4.78, 5) is 35.6. The number of benzene rings is 2. The molecule has 2 amide bonds. The lowest BCUT2D eigenvalue weighted by Gasteiger charge is -2.23. The monoisotopic (exact) mass is 460 g/mol. The molecule has 3 rings (SSSR count). The summed E-state index contributed by atoms with van der Waals surface area (Å²) in [5.74, 6) is 0.0166. The smallest absolute Gasteiger partial charge is 0.414 e. The van der Waals surface area contributed by atoms with Crippen LogP contribution >= 0.6 is 0 Å². The van der Waals surface area contributed by atoms with E-state index in [4.69, 9.17) is 4.74 Å². The van der Waals surface area contributed by atoms with Crippen LogP contribution < -0.4 is 10.2 Å². The zero-order chi connectivity index (χ0) is 24.5. The first-order valence-corrected chi connectivity index (χ1v) is 11.6. The number of aryl methyl sites for hydroxylation is 1. The van der Waals surface area contributed by atoms with E-state index >= 15 is 0 Å². The second-order valence-electron chi connectivity index (χ2n) is 8.55. The largest absolute Gasteiger partial charge is 0.449 e. The highest BCUT2D eigenvalue weighted by atomic mass is 16.6. The number of carbonyl (C=O) groups excluding carboxylic acids is 2. The Balaban J connectivity index is 1.87. The minimum atomic E-state index is -0.425. The fourth-order valence-corrected chi connectivity index (χ4v) is 3.41. The standard InChI is InChI=1S/C27H32N4O3/c1-5-31(27(33)34-18-19(2)3)25-15-22(21-8-6-20(4)7-9-21)14-23(16-25)26(32)30-11-10-24-17-28-12-13-29-24/h6-9,12-17,19H,5,10-11,18H2,1-4H3,(H,30,32). The minimum absolute atomic E-state index is 0.217. The van der Waals surface area contributed by atoms with Crippen LogP contribution in [0.15, 0.2) is 61.1 Å². The van der Waals surface area contributed by atoms with Crippen LogP contribution in [0.5, 0.6) is 0 Å². The second-order valence-corrected chi connectivity index (χ2v) is 8.55. The molecule has 0 spiro atoms. The molecule has 178 valence electrons. The van der Waals surface area contributed by atoms with Crippen molar-refractivity contribution in [1.82, 2.24) is 15.3 Å².